The summed E-state index contributed by atoms with van der Waals surface area (Å²) in [6, 6.07) is 6.44. The van der Waals surface area contributed by atoms with Gasteiger partial charge in [-0.1, -0.05) is 12.1 Å². The lowest BCUT2D eigenvalue weighted by Crippen LogP contribution is -2.43. The third-order valence-corrected chi connectivity index (χ3v) is 3.38. The number of anilines is 1. The Morgan fingerprint density at radius 1 is 1.30 bits per heavy atom. The summed E-state index contributed by atoms with van der Waals surface area (Å²) in [6.45, 7) is 5.20. The van der Waals surface area contributed by atoms with Gasteiger partial charge in [0.05, 0.1) is 5.69 Å². The van der Waals surface area contributed by atoms with Crippen LogP contribution in [-0.2, 0) is 15.0 Å². The predicted molar refractivity (Wildman–Crippen MR) is 78.5 cm³/mol. The van der Waals surface area contributed by atoms with Gasteiger partial charge in [-0.25, -0.2) is 4.79 Å². The van der Waals surface area contributed by atoms with E-state index in [4.69, 9.17) is 5.11 Å². The van der Waals surface area contributed by atoms with Crippen LogP contribution < -0.4 is 9.44 Å². The van der Waals surface area contributed by atoms with Crippen LogP contribution in [0.5, 0.6) is 0 Å². The summed E-state index contributed by atoms with van der Waals surface area (Å²) in [6.07, 6.45) is 2.37. The molecule has 0 unspecified atom stereocenters. The number of nitrogens with one attached hydrogen (secondary N) is 2. The minimum Gasteiger partial charge on any atom is -0.478 e. The standard InChI is InChI=1S/C13H18N2O4S/c1-13(2,3)15-20(18,19)14-11-6-4-5-10(9-11)7-8-12(16)17/h4-9,14-15H,1-3H3,(H,16,17)/b8-7+. The lowest BCUT2D eigenvalue weighted by atomic mass is 10.1. The van der Waals surface area contributed by atoms with Gasteiger partial charge in [-0.2, -0.15) is 13.1 Å². The smallest absolute Gasteiger partial charge is 0.328 e. The topological polar surface area (TPSA) is 95.5 Å². The lowest BCUT2D eigenvalue weighted by molar-refractivity contribution is -0.131. The molecule has 0 spiro atoms. The Morgan fingerprint density at radius 2 is 1.95 bits per heavy atom. The average Bonchev–Trinajstić information content (AvgIpc) is 2.22. The van der Waals surface area contributed by atoms with Gasteiger partial charge in [0.15, 0.2) is 0 Å². The van der Waals surface area contributed by atoms with Crippen molar-refractivity contribution >= 4 is 27.9 Å². The van der Waals surface area contributed by atoms with E-state index in [9.17, 15) is 13.2 Å². The molecule has 0 radical (unpaired) electrons. The number of carboxylic acids is 1. The first-order chi connectivity index (χ1) is 9.07. The monoisotopic (exact) mass is 298 g/mol. The Kier molecular flexibility index (Phi) is 4.91. The van der Waals surface area contributed by atoms with Crippen LogP contribution in [-0.4, -0.2) is 25.0 Å². The van der Waals surface area contributed by atoms with Crippen LogP contribution in [0.15, 0.2) is 30.3 Å². The van der Waals surface area contributed by atoms with Gasteiger partial charge >= 0.3 is 5.97 Å². The summed E-state index contributed by atoms with van der Waals surface area (Å²) >= 11 is 0. The summed E-state index contributed by atoms with van der Waals surface area (Å²) in [5.41, 5.74) is 0.352. The molecule has 0 saturated heterocycles. The molecule has 0 aliphatic carbocycles. The summed E-state index contributed by atoms with van der Waals surface area (Å²) in [4.78, 5) is 10.4. The third-order valence-electron chi connectivity index (χ3n) is 2.00. The molecule has 20 heavy (non-hydrogen) atoms. The molecule has 0 atom stereocenters. The van der Waals surface area contributed by atoms with E-state index in [1.807, 2.05) is 0 Å². The number of carbonyl (C=O) groups is 1. The van der Waals surface area contributed by atoms with E-state index in [1.54, 1.807) is 45.0 Å². The van der Waals surface area contributed by atoms with E-state index in [1.165, 1.54) is 6.08 Å². The lowest BCUT2D eigenvalue weighted by Gasteiger charge is -2.20. The van der Waals surface area contributed by atoms with Gasteiger partial charge in [0.25, 0.3) is 10.2 Å². The largest absolute Gasteiger partial charge is 0.478 e. The van der Waals surface area contributed by atoms with Crippen LogP contribution in [0.25, 0.3) is 6.08 Å². The molecule has 3 N–H and O–H groups in total. The highest BCUT2D eigenvalue weighted by molar-refractivity contribution is 7.90. The fourth-order valence-electron chi connectivity index (χ4n) is 1.46. The highest BCUT2D eigenvalue weighted by Crippen LogP contribution is 2.14. The zero-order valence-corrected chi connectivity index (χ0v) is 12.4. The minimum absolute atomic E-state index is 0.356. The van der Waals surface area contributed by atoms with Gasteiger partial charge in [-0.3, -0.25) is 4.72 Å². The molecule has 7 heteroatoms. The fourth-order valence-corrected chi connectivity index (χ4v) is 2.75. The molecule has 110 valence electrons. The molecule has 0 bridgehead atoms. The van der Waals surface area contributed by atoms with Crippen molar-refractivity contribution in [3.8, 4) is 0 Å². The van der Waals surface area contributed by atoms with Crippen LogP contribution in [0.2, 0.25) is 0 Å². The summed E-state index contributed by atoms with van der Waals surface area (Å²) in [5.74, 6) is -1.06. The maximum Gasteiger partial charge on any atom is 0.328 e. The third kappa shape index (κ3) is 6.35. The number of carboxylic acid groups (broad SMARTS) is 1. The van der Waals surface area contributed by atoms with Crippen LogP contribution in [0.4, 0.5) is 5.69 Å². The molecule has 0 saturated carbocycles. The van der Waals surface area contributed by atoms with E-state index < -0.39 is 21.7 Å². The first-order valence-electron chi connectivity index (χ1n) is 5.90. The average molecular weight is 298 g/mol. The van der Waals surface area contributed by atoms with E-state index in [0.29, 0.717) is 11.3 Å². The molecule has 0 aliphatic rings. The second kappa shape index (κ2) is 6.06. The summed E-state index contributed by atoms with van der Waals surface area (Å²) < 4.78 is 28.6. The molecule has 0 fully saturated rings. The minimum atomic E-state index is -3.68. The highest BCUT2D eigenvalue weighted by Gasteiger charge is 2.19. The number of hydrogen-bond donors (Lipinski definition) is 3. The number of rotatable bonds is 5. The predicted octanol–water partition coefficient (Wildman–Crippen LogP) is 1.83. The first-order valence-corrected chi connectivity index (χ1v) is 7.38. The molecule has 0 amide bonds. The highest BCUT2D eigenvalue weighted by atomic mass is 32.2. The SMILES string of the molecule is CC(C)(C)NS(=O)(=O)Nc1cccc(/C=C/C(=O)O)c1. The Morgan fingerprint density at radius 3 is 2.50 bits per heavy atom. The molecule has 0 heterocycles. The Hall–Kier alpha value is -1.86. The number of aliphatic carboxylic acids is 1. The summed E-state index contributed by atoms with van der Waals surface area (Å²) in [5, 5.41) is 8.55. The molecule has 0 aliphatic heterocycles. The van der Waals surface area contributed by atoms with Crippen LogP contribution in [0, 0.1) is 0 Å². The van der Waals surface area contributed by atoms with Crippen molar-refractivity contribution in [1.82, 2.24) is 4.72 Å². The van der Waals surface area contributed by atoms with E-state index in [0.717, 1.165) is 6.08 Å². The van der Waals surface area contributed by atoms with E-state index in [-0.39, 0.29) is 0 Å². The van der Waals surface area contributed by atoms with Gasteiger partial charge in [-0.05, 0) is 44.5 Å². The Balaban J connectivity index is 2.88. The van der Waals surface area contributed by atoms with Crippen molar-refractivity contribution in [3.05, 3.63) is 35.9 Å². The summed E-state index contributed by atoms with van der Waals surface area (Å²) in [7, 11) is -3.68. The normalized spacial score (nSPS) is 12.6. The second-order valence-corrected chi connectivity index (χ2v) is 6.67. The second-order valence-electron chi connectivity index (χ2n) is 5.25. The number of hydrogen-bond acceptors (Lipinski definition) is 3. The first kappa shape index (κ1) is 16.2. The maximum atomic E-state index is 11.9. The van der Waals surface area contributed by atoms with Crippen molar-refractivity contribution in [2.45, 2.75) is 26.3 Å². The molecule has 1 aromatic carbocycles. The molecular formula is C13H18N2O4S. The van der Waals surface area contributed by atoms with E-state index >= 15 is 0 Å². The van der Waals surface area contributed by atoms with Crippen molar-refractivity contribution in [3.63, 3.8) is 0 Å². The zero-order chi connectivity index (χ0) is 15.4. The van der Waals surface area contributed by atoms with Crippen LogP contribution in [0.3, 0.4) is 0 Å². The van der Waals surface area contributed by atoms with Crippen LogP contribution >= 0.6 is 0 Å². The molecule has 0 aromatic heterocycles. The van der Waals surface area contributed by atoms with Crippen LogP contribution in [0.1, 0.15) is 26.3 Å². The quantitative estimate of drug-likeness (QED) is 0.723. The van der Waals surface area contributed by atoms with Gasteiger partial charge in [0, 0.05) is 11.6 Å². The molecule has 1 aromatic rings. The van der Waals surface area contributed by atoms with Crippen molar-refractivity contribution in [1.29, 1.82) is 0 Å². The fraction of sp³-hybridized carbons (Fsp3) is 0.308. The van der Waals surface area contributed by atoms with Crippen molar-refractivity contribution < 1.29 is 18.3 Å². The van der Waals surface area contributed by atoms with Gasteiger partial charge < -0.3 is 5.11 Å². The number of benzene rings is 1. The molecule has 1 rings (SSSR count). The Bertz CT molecular complexity index is 616. The van der Waals surface area contributed by atoms with Gasteiger partial charge in [0.1, 0.15) is 0 Å². The Labute approximate surface area is 118 Å². The molecule has 6 nitrogen and oxygen atoms in total. The maximum absolute atomic E-state index is 11.9. The molecular weight excluding hydrogens is 280 g/mol. The van der Waals surface area contributed by atoms with Gasteiger partial charge in [-0.15, -0.1) is 0 Å². The van der Waals surface area contributed by atoms with Gasteiger partial charge in [0.2, 0.25) is 0 Å². The van der Waals surface area contributed by atoms with Crippen molar-refractivity contribution in [2.24, 2.45) is 0 Å². The van der Waals surface area contributed by atoms with Crippen molar-refractivity contribution in [2.75, 3.05) is 4.72 Å². The zero-order valence-electron chi connectivity index (χ0n) is 11.5. The van der Waals surface area contributed by atoms with E-state index in [2.05, 4.69) is 9.44 Å².